The number of carbonyl (C=O) groups is 2. The van der Waals surface area contributed by atoms with E-state index in [1.54, 1.807) is 24.3 Å². The second-order valence-electron chi connectivity index (χ2n) is 7.16. The first-order valence-corrected chi connectivity index (χ1v) is 11.2. The number of benzene rings is 2. The molecule has 0 aromatic heterocycles. The zero-order chi connectivity index (χ0) is 23.0. The Morgan fingerprint density at radius 3 is 2.45 bits per heavy atom. The Morgan fingerprint density at radius 2 is 1.84 bits per heavy atom. The Morgan fingerprint density at radius 1 is 1.16 bits per heavy atom. The first kappa shape index (κ1) is 24.1. The second-order valence-corrected chi connectivity index (χ2v) is 9.20. The highest BCUT2D eigenvalue weighted by Gasteiger charge is 2.22. The molecule has 31 heavy (non-hydrogen) atoms. The molecule has 0 heterocycles. The van der Waals surface area contributed by atoms with E-state index in [1.807, 2.05) is 19.9 Å². The van der Waals surface area contributed by atoms with Crippen molar-refractivity contribution in [1.29, 1.82) is 5.26 Å². The summed E-state index contributed by atoms with van der Waals surface area (Å²) in [5.41, 5.74) is 1.56. The number of likely N-dealkylation sites (N-methyl/N-ethyl adjacent to an activating group) is 1. The molecule has 0 saturated carbocycles. The molecule has 0 radical (unpaired) electrons. The van der Waals surface area contributed by atoms with Crippen LogP contribution in [0.5, 0.6) is 0 Å². The zero-order valence-corrected chi connectivity index (χ0v) is 18.6. The standard InChI is InChI=1S/C22H26N4O4S/c1-4-16(2)25-22(28)19-7-5-6-18(12-19)14-24-21(27)15-26(3)31(29,30)20-10-8-17(13-23)9-11-20/h5-12,16H,4,14-15H2,1-3H3,(H,24,27)(H,25,28). The Balaban J connectivity index is 1.96. The number of nitrogens with zero attached hydrogens (tertiary/aromatic N) is 2. The van der Waals surface area contributed by atoms with Crippen LogP contribution < -0.4 is 10.6 Å². The third-order valence-electron chi connectivity index (χ3n) is 4.73. The molecule has 1 unspecified atom stereocenters. The summed E-state index contributed by atoms with van der Waals surface area (Å²) in [7, 11) is -2.55. The predicted molar refractivity (Wildman–Crippen MR) is 116 cm³/mol. The Hall–Kier alpha value is -3.22. The van der Waals surface area contributed by atoms with Gasteiger partial charge in [0.25, 0.3) is 5.91 Å². The Labute approximate surface area is 182 Å². The highest BCUT2D eigenvalue weighted by Crippen LogP contribution is 2.15. The van der Waals surface area contributed by atoms with Gasteiger partial charge in [0.2, 0.25) is 15.9 Å². The number of carbonyl (C=O) groups excluding carboxylic acids is 2. The van der Waals surface area contributed by atoms with Gasteiger partial charge in [0.1, 0.15) is 0 Å². The van der Waals surface area contributed by atoms with Gasteiger partial charge in [0.15, 0.2) is 0 Å². The highest BCUT2D eigenvalue weighted by atomic mass is 32.2. The molecule has 2 aromatic carbocycles. The summed E-state index contributed by atoms with van der Waals surface area (Å²) >= 11 is 0. The number of sulfonamides is 1. The summed E-state index contributed by atoms with van der Waals surface area (Å²) < 4.78 is 26.1. The topological polar surface area (TPSA) is 119 Å². The summed E-state index contributed by atoms with van der Waals surface area (Å²) in [6.07, 6.45) is 0.820. The van der Waals surface area contributed by atoms with Crippen LogP contribution in [0.25, 0.3) is 0 Å². The number of nitriles is 1. The van der Waals surface area contributed by atoms with Crippen LogP contribution in [0, 0.1) is 11.3 Å². The SMILES string of the molecule is CCC(C)NC(=O)c1cccc(CNC(=O)CN(C)S(=O)(=O)c2ccc(C#N)cc2)c1. The van der Waals surface area contributed by atoms with Crippen molar-refractivity contribution < 1.29 is 18.0 Å². The Kier molecular flexibility index (Phi) is 8.30. The lowest BCUT2D eigenvalue weighted by molar-refractivity contribution is -0.121. The summed E-state index contributed by atoms with van der Waals surface area (Å²) in [6, 6.07) is 14.4. The van der Waals surface area contributed by atoms with Crippen molar-refractivity contribution in [2.24, 2.45) is 0 Å². The quantitative estimate of drug-likeness (QED) is 0.616. The van der Waals surface area contributed by atoms with E-state index in [0.717, 1.165) is 16.3 Å². The van der Waals surface area contributed by atoms with E-state index in [-0.39, 0.29) is 29.9 Å². The first-order valence-electron chi connectivity index (χ1n) is 9.80. The van der Waals surface area contributed by atoms with Crippen molar-refractivity contribution in [3.05, 3.63) is 65.2 Å². The largest absolute Gasteiger partial charge is 0.351 e. The van der Waals surface area contributed by atoms with Gasteiger partial charge in [-0.2, -0.15) is 9.57 Å². The minimum absolute atomic E-state index is 0.00169. The van der Waals surface area contributed by atoms with Gasteiger partial charge in [-0.1, -0.05) is 19.1 Å². The van der Waals surface area contributed by atoms with Crippen molar-refractivity contribution in [2.45, 2.75) is 37.8 Å². The molecule has 2 N–H and O–H groups in total. The van der Waals surface area contributed by atoms with Gasteiger partial charge < -0.3 is 10.6 Å². The van der Waals surface area contributed by atoms with Crippen LogP contribution in [0.3, 0.4) is 0 Å². The average molecular weight is 443 g/mol. The van der Waals surface area contributed by atoms with Gasteiger partial charge in [-0.3, -0.25) is 9.59 Å². The molecule has 2 amide bonds. The van der Waals surface area contributed by atoms with Crippen LogP contribution in [0.4, 0.5) is 0 Å². The van der Waals surface area contributed by atoms with Crippen LogP contribution in [0.15, 0.2) is 53.4 Å². The molecule has 2 rings (SSSR count). The average Bonchev–Trinajstić information content (AvgIpc) is 2.77. The summed E-state index contributed by atoms with van der Waals surface area (Å²) in [5.74, 6) is -0.662. The molecule has 0 spiro atoms. The lowest BCUT2D eigenvalue weighted by Crippen LogP contribution is -2.38. The smallest absolute Gasteiger partial charge is 0.251 e. The van der Waals surface area contributed by atoms with E-state index < -0.39 is 15.9 Å². The van der Waals surface area contributed by atoms with Crippen molar-refractivity contribution in [1.82, 2.24) is 14.9 Å². The van der Waals surface area contributed by atoms with E-state index in [1.165, 1.54) is 31.3 Å². The van der Waals surface area contributed by atoms with Crippen LogP contribution in [0.2, 0.25) is 0 Å². The lowest BCUT2D eigenvalue weighted by Gasteiger charge is -2.17. The second kappa shape index (κ2) is 10.7. The number of amides is 2. The molecular formula is C22H26N4O4S. The van der Waals surface area contributed by atoms with Gasteiger partial charge in [-0.25, -0.2) is 8.42 Å². The fraction of sp³-hybridized carbons (Fsp3) is 0.318. The fourth-order valence-electron chi connectivity index (χ4n) is 2.66. The summed E-state index contributed by atoms with van der Waals surface area (Å²) in [4.78, 5) is 24.5. The van der Waals surface area contributed by atoms with E-state index in [2.05, 4.69) is 10.6 Å². The molecule has 0 aliphatic rings. The van der Waals surface area contributed by atoms with E-state index >= 15 is 0 Å². The van der Waals surface area contributed by atoms with Crippen LogP contribution in [-0.4, -0.2) is 44.2 Å². The first-order chi connectivity index (χ1) is 14.7. The molecular weight excluding hydrogens is 416 g/mol. The van der Waals surface area contributed by atoms with E-state index in [4.69, 9.17) is 5.26 Å². The van der Waals surface area contributed by atoms with Gasteiger partial charge >= 0.3 is 0 Å². The molecule has 2 aromatic rings. The summed E-state index contributed by atoms with van der Waals surface area (Å²) in [5, 5.41) is 14.4. The molecule has 164 valence electrons. The number of nitrogens with one attached hydrogen (secondary N) is 2. The van der Waals surface area contributed by atoms with E-state index in [0.29, 0.717) is 11.1 Å². The minimum atomic E-state index is -3.86. The van der Waals surface area contributed by atoms with Gasteiger partial charge in [-0.15, -0.1) is 0 Å². The molecule has 0 aliphatic carbocycles. The molecule has 0 aliphatic heterocycles. The van der Waals surface area contributed by atoms with Crippen LogP contribution >= 0.6 is 0 Å². The molecule has 1 atom stereocenters. The number of rotatable bonds is 9. The maximum absolute atomic E-state index is 12.6. The predicted octanol–water partition coefficient (Wildman–Crippen LogP) is 2.02. The van der Waals surface area contributed by atoms with Crippen LogP contribution in [-0.2, 0) is 21.4 Å². The van der Waals surface area contributed by atoms with Gasteiger partial charge in [-0.05, 0) is 55.3 Å². The number of hydrogen-bond acceptors (Lipinski definition) is 5. The van der Waals surface area contributed by atoms with Gasteiger partial charge in [0.05, 0.1) is 23.1 Å². The van der Waals surface area contributed by atoms with Crippen LogP contribution in [0.1, 0.15) is 41.8 Å². The zero-order valence-electron chi connectivity index (χ0n) is 17.8. The molecule has 0 bridgehead atoms. The monoisotopic (exact) mass is 442 g/mol. The lowest BCUT2D eigenvalue weighted by atomic mass is 10.1. The maximum atomic E-state index is 12.6. The number of hydrogen-bond donors (Lipinski definition) is 2. The normalized spacial score (nSPS) is 12.1. The maximum Gasteiger partial charge on any atom is 0.251 e. The van der Waals surface area contributed by atoms with Crippen molar-refractivity contribution in [2.75, 3.05) is 13.6 Å². The van der Waals surface area contributed by atoms with Crippen molar-refractivity contribution >= 4 is 21.8 Å². The van der Waals surface area contributed by atoms with Crippen molar-refractivity contribution in [3.63, 3.8) is 0 Å². The van der Waals surface area contributed by atoms with Gasteiger partial charge in [0, 0.05) is 25.2 Å². The molecule has 9 heteroatoms. The van der Waals surface area contributed by atoms with Crippen molar-refractivity contribution in [3.8, 4) is 6.07 Å². The molecule has 0 fully saturated rings. The Bertz CT molecular complexity index is 1080. The summed E-state index contributed by atoms with van der Waals surface area (Å²) in [6.45, 7) is 3.70. The fourth-order valence-corrected chi connectivity index (χ4v) is 3.78. The minimum Gasteiger partial charge on any atom is -0.351 e. The third kappa shape index (κ3) is 6.64. The van der Waals surface area contributed by atoms with E-state index in [9.17, 15) is 18.0 Å². The highest BCUT2D eigenvalue weighted by molar-refractivity contribution is 7.89. The third-order valence-corrected chi connectivity index (χ3v) is 6.54. The molecule has 8 nitrogen and oxygen atoms in total. The molecule has 0 saturated heterocycles.